The number of furan rings is 1. The van der Waals surface area contributed by atoms with E-state index in [1.54, 1.807) is 13.8 Å². The molecule has 0 amide bonds. The highest BCUT2D eigenvalue weighted by Gasteiger charge is 2.36. The molecule has 6 rings (SSSR count). The number of fused-ring (bicyclic) bond motifs is 3. The lowest BCUT2D eigenvalue weighted by molar-refractivity contribution is -0.0893. The molecule has 210 valence electrons. The lowest BCUT2D eigenvalue weighted by Gasteiger charge is -2.37. The van der Waals surface area contributed by atoms with Gasteiger partial charge in [0.2, 0.25) is 0 Å². The van der Waals surface area contributed by atoms with Crippen molar-refractivity contribution >= 4 is 34.9 Å². The van der Waals surface area contributed by atoms with Crippen molar-refractivity contribution in [2.24, 2.45) is 0 Å². The van der Waals surface area contributed by atoms with E-state index in [1.165, 1.54) is 22.3 Å². The minimum Gasteiger partial charge on any atom is -0.456 e. The van der Waals surface area contributed by atoms with Crippen LogP contribution in [-0.4, -0.2) is 23.8 Å². The molecule has 6 aromatic rings. The average molecular weight is 553 g/mol. The lowest BCUT2D eigenvalue weighted by atomic mass is 9.68. The van der Waals surface area contributed by atoms with Crippen LogP contribution in [0.3, 0.4) is 0 Å². The Kier molecular flexibility index (Phi) is 7.08. The molecule has 1 aromatic heterocycles. The fourth-order valence-corrected chi connectivity index (χ4v) is 5.69. The largest absolute Gasteiger partial charge is 0.456 e. The second kappa shape index (κ2) is 10.6. The molecule has 0 fully saturated rings. The van der Waals surface area contributed by atoms with Crippen LogP contribution in [0.25, 0.3) is 33.1 Å². The van der Waals surface area contributed by atoms with Gasteiger partial charge in [0.15, 0.2) is 0 Å². The molecule has 0 unspecified atom stereocenters. The average Bonchev–Trinajstić information content (AvgIpc) is 3.37. The second-order valence-corrected chi connectivity index (χ2v) is 12.4. The molecule has 3 nitrogen and oxygen atoms in total. The molecule has 42 heavy (non-hydrogen) atoms. The van der Waals surface area contributed by atoms with Gasteiger partial charge in [-0.25, -0.2) is 0 Å². The third-order valence-electron chi connectivity index (χ3n) is 9.07. The third-order valence-corrected chi connectivity index (χ3v) is 9.07. The summed E-state index contributed by atoms with van der Waals surface area (Å²) in [6, 6.07) is 42.8. The van der Waals surface area contributed by atoms with Crippen LogP contribution < -0.4 is 5.46 Å². The van der Waals surface area contributed by atoms with Gasteiger partial charge in [-0.2, -0.15) is 0 Å². The molecule has 0 aliphatic heterocycles. The van der Waals surface area contributed by atoms with Crippen molar-refractivity contribution < 1.29 is 14.2 Å². The van der Waals surface area contributed by atoms with Crippen molar-refractivity contribution in [3.63, 3.8) is 0 Å². The van der Waals surface area contributed by atoms with Crippen molar-refractivity contribution in [3.8, 4) is 11.1 Å². The van der Waals surface area contributed by atoms with Crippen LogP contribution in [0.5, 0.6) is 0 Å². The van der Waals surface area contributed by atoms with E-state index in [2.05, 4.69) is 116 Å². The van der Waals surface area contributed by atoms with E-state index in [1.807, 2.05) is 26.0 Å². The third kappa shape index (κ3) is 4.95. The van der Waals surface area contributed by atoms with E-state index in [0.29, 0.717) is 7.48 Å². The topological polar surface area (TPSA) is 42.6 Å². The summed E-state index contributed by atoms with van der Waals surface area (Å²) in [5, 5.41) is 12.7. The van der Waals surface area contributed by atoms with Gasteiger partial charge < -0.3 is 14.2 Å². The molecular weight excluding hydrogens is 515 g/mol. The van der Waals surface area contributed by atoms with E-state index in [9.17, 15) is 5.11 Å². The Bertz CT molecular complexity index is 1790. The zero-order chi connectivity index (χ0) is 29.5. The van der Waals surface area contributed by atoms with Crippen LogP contribution in [0.1, 0.15) is 51.3 Å². The van der Waals surface area contributed by atoms with Gasteiger partial charge in [0.05, 0.1) is 11.2 Å². The van der Waals surface area contributed by atoms with E-state index >= 15 is 0 Å². The molecular formula is C38H37BO3. The van der Waals surface area contributed by atoms with Crippen molar-refractivity contribution in [3.05, 3.63) is 138 Å². The maximum absolute atomic E-state index is 10.6. The number of hydrogen-bond donors (Lipinski definition) is 1. The Hall–Kier alpha value is -4.12. The Morgan fingerprint density at radius 3 is 1.74 bits per heavy atom. The van der Waals surface area contributed by atoms with E-state index < -0.39 is 16.6 Å². The molecule has 1 heterocycles. The van der Waals surface area contributed by atoms with Gasteiger partial charge in [0, 0.05) is 16.2 Å². The first-order valence-electron chi connectivity index (χ1n) is 14.6. The van der Waals surface area contributed by atoms with Gasteiger partial charge in [-0.1, -0.05) is 109 Å². The zero-order valence-electron chi connectivity index (χ0n) is 25.0. The van der Waals surface area contributed by atoms with Crippen LogP contribution in [0.2, 0.25) is 0 Å². The number of rotatable bonds is 8. The molecule has 0 bridgehead atoms. The number of hydrogen-bond acceptors (Lipinski definition) is 3. The Balaban J connectivity index is 1.57. The maximum Gasteiger partial charge on any atom is 0.309 e. The Morgan fingerprint density at radius 2 is 1.17 bits per heavy atom. The highest BCUT2D eigenvalue weighted by Crippen LogP contribution is 2.46. The van der Waals surface area contributed by atoms with Gasteiger partial charge in [0.25, 0.3) is 0 Å². The lowest BCUT2D eigenvalue weighted by Crippen LogP contribution is -2.49. The first-order chi connectivity index (χ1) is 20.1. The summed E-state index contributed by atoms with van der Waals surface area (Å²) in [5.41, 5.74) is 6.59. The molecule has 5 aromatic carbocycles. The normalized spacial score (nSPS) is 12.6. The molecule has 0 aliphatic rings. The molecule has 4 heteroatoms. The SMILES string of the molecule is CC(c1ccccc1)(c1ccccc1)c1cc2oc3ccc(BOC(C)(C)C(C)(C)O)cc3c2cc1-c1ccccc1. The predicted octanol–water partition coefficient (Wildman–Crippen LogP) is 8.15. The van der Waals surface area contributed by atoms with Gasteiger partial charge in [-0.3, -0.25) is 0 Å². The fourth-order valence-electron chi connectivity index (χ4n) is 5.69. The van der Waals surface area contributed by atoms with Crippen molar-refractivity contribution in [1.29, 1.82) is 0 Å². The number of aliphatic hydroxyl groups is 1. The van der Waals surface area contributed by atoms with Gasteiger partial charge >= 0.3 is 7.48 Å². The zero-order valence-corrected chi connectivity index (χ0v) is 25.0. The first kappa shape index (κ1) is 28.0. The van der Waals surface area contributed by atoms with E-state index in [-0.39, 0.29) is 0 Å². The van der Waals surface area contributed by atoms with E-state index in [4.69, 9.17) is 9.07 Å². The summed E-state index contributed by atoms with van der Waals surface area (Å²) in [5.74, 6) is 0. The molecule has 0 spiro atoms. The van der Waals surface area contributed by atoms with Gasteiger partial charge in [0.1, 0.15) is 11.2 Å². The van der Waals surface area contributed by atoms with E-state index in [0.717, 1.165) is 33.0 Å². The molecule has 0 saturated heterocycles. The summed E-state index contributed by atoms with van der Waals surface area (Å²) in [6.45, 7) is 9.71. The summed E-state index contributed by atoms with van der Waals surface area (Å²) >= 11 is 0. The molecule has 0 saturated carbocycles. The number of benzene rings is 5. The van der Waals surface area contributed by atoms with Gasteiger partial charge in [-0.05, 0) is 80.6 Å². The van der Waals surface area contributed by atoms with Crippen LogP contribution in [0, 0.1) is 0 Å². The standard InChI is InChI=1S/C38H37BO3/c1-36(2,40)37(3,4)42-39-29-21-22-34-31(23-29)32-24-30(26-15-9-6-10-16-26)33(25-35(32)41-34)38(5,27-17-11-7-12-18-27)28-19-13-8-14-20-28/h6-25,39-40H,1-5H3. The maximum atomic E-state index is 10.6. The van der Waals surface area contributed by atoms with Crippen LogP contribution in [-0.2, 0) is 10.1 Å². The molecule has 0 radical (unpaired) electrons. The summed E-state index contributed by atoms with van der Waals surface area (Å²) in [4.78, 5) is 0. The Morgan fingerprint density at radius 1 is 0.619 bits per heavy atom. The minimum atomic E-state index is -0.968. The predicted molar refractivity (Wildman–Crippen MR) is 176 cm³/mol. The molecule has 1 N–H and O–H groups in total. The highest BCUT2D eigenvalue weighted by atomic mass is 16.5. The summed E-state index contributed by atoms with van der Waals surface area (Å²) in [6.07, 6.45) is 0. The Labute approximate surface area is 249 Å². The van der Waals surface area contributed by atoms with Crippen molar-refractivity contribution in [2.75, 3.05) is 0 Å². The highest BCUT2D eigenvalue weighted by molar-refractivity contribution is 6.47. The first-order valence-corrected chi connectivity index (χ1v) is 14.6. The quantitative estimate of drug-likeness (QED) is 0.153. The van der Waals surface area contributed by atoms with Crippen molar-refractivity contribution in [2.45, 2.75) is 51.2 Å². The van der Waals surface area contributed by atoms with Gasteiger partial charge in [-0.15, -0.1) is 0 Å². The van der Waals surface area contributed by atoms with Crippen LogP contribution in [0.15, 0.2) is 126 Å². The summed E-state index contributed by atoms with van der Waals surface area (Å²) < 4.78 is 12.7. The summed E-state index contributed by atoms with van der Waals surface area (Å²) in [7, 11) is 0.392. The second-order valence-electron chi connectivity index (χ2n) is 12.4. The minimum absolute atomic E-state index is 0.392. The molecule has 0 atom stereocenters. The fraction of sp³-hybridized carbons (Fsp3) is 0.211. The monoisotopic (exact) mass is 552 g/mol. The van der Waals surface area contributed by atoms with Crippen LogP contribution >= 0.6 is 0 Å². The van der Waals surface area contributed by atoms with Crippen LogP contribution in [0.4, 0.5) is 0 Å². The van der Waals surface area contributed by atoms with Crippen molar-refractivity contribution in [1.82, 2.24) is 0 Å². The smallest absolute Gasteiger partial charge is 0.309 e. The molecule has 0 aliphatic carbocycles.